The second-order valence-electron chi connectivity index (χ2n) is 6.27. The number of hydrogen-bond acceptors (Lipinski definition) is 2. The van der Waals surface area contributed by atoms with E-state index in [1.165, 1.54) is 25.0 Å². The summed E-state index contributed by atoms with van der Waals surface area (Å²) in [5.74, 6) is -0.370. The average Bonchev–Trinajstić information content (AvgIpc) is 2.82. The molecule has 0 saturated carbocycles. The van der Waals surface area contributed by atoms with Gasteiger partial charge in [0, 0.05) is 30.2 Å². The third-order valence-electron chi connectivity index (χ3n) is 4.69. The lowest BCUT2D eigenvalue weighted by Gasteiger charge is -2.38. The van der Waals surface area contributed by atoms with Crippen molar-refractivity contribution in [3.8, 4) is 0 Å². The summed E-state index contributed by atoms with van der Waals surface area (Å²) >= 11 is 0. The van der Waals surface area contributed by atoms with Gasteiger partial charge in [0.1, 0.15) is 5.82 Å². The molecule has 1 aromatic carbocycles. The van der Waals surface area contributed by atoms with E-state index < -0.39 is 0 Å². The molecule has 0 radical (unpaired) electrons. The fourth-order valence-electron chi connectivity index (χ4n) is 3.76. The van der Waals surface area contributed by atoms with E-state index in [-0.39, 0.29) is 11.7 Å². The molecule has 2 atom stereocenters. The van der Waals surface area contributed by atoms with Crippen molar-refractivity contribution in [1.82, 2.24) is 10.2 Å². The van der Waals surface area contributed by atoms with E-state index in [2.05, 4.69) is 12.2 Å². The number of halogens is 1. The third kappa shape index (κ3) is 3.10. The number of nitrogens with zero attached hydrogens (tertiary/aromatic N) is 1. The maximum atomic E-state index is 13.4. The van der Waals surface area contributed by atoms with Crippen LogP contribution in [0.15, 0.2) is 24.3 Å². The number of hydrogen-bond donors (Lipinski definition) is 1. The lowest BCUT2D eigenvalue weighted by molar-refractivity contribution is 0.0616. The fourth-order valence-corrected chi connectivity index (χ4v) is 3.76. The first-order valence-corrected chi connectivity index (χ1v) is 8.00. The number of carbonyl (C=O) groups excluding carboxylic acids is 1. The number of piperidine rings is 1. The van der Waals surface area contributed by atoms with E-state index >= 15 is 0 Å². The van der Waals surface area contributed by atoms with Crippen molar-refractivity contribution in [2.45, 2.75) is 57.2 Å². The standard InChI is InChI=1S/C17H23FN2O/c1-2-8-20(16-10-14-6-7-15(11-16)19-14)17(21)12-4-3-5-13(18)9-12/h3-5,9,14-16,19H,2,6-8,10-11H2,1H3. The highest BCUT2D eigenvalue weighted by molar-refractivity contribution is 5.94. The van der Waals surface area contributed by atoms with Gasteiger partial charge in [-0.15, -0.1) is 0 Å². The highest BCUT2D eigenvalue weighted by Gasteiger charge is 2.37. The summed E-state index contributed by atoms with van der Waals surface area (Å²) in [6.07, 6.45) is 5.42. The van der Waals surface area contributed by atoms with Crippen LogP contribution in [0.2, 0.25) is 0 Å². The summed E-state index contributed by atoms with van der Waals surface area (Å²) in [4.78, 5) is 14.7. The quantitative estimate of drug-likeness (QED) is 0.924. The zero-order valence-electron chi connectivity index (χ0n) is 12.5. The number of amides is 1. The van der Waals surface area contributed by atoms with Gasteiger partial charge >= 0.3 is 0 Å². The molecule has 2 unspecified atom stereocenters. The Balaban J connectivity index is 1.79. The van der Waals surface area contributed by atoms with Crippen LogP contribution >= 0.6 is 0 Å². The van der Waals surface area contributed by atoms with E-state index in [4.69, 9.17) is 0 Å². The van der Waals surface area contributed by atoms with Gasteiger partial charge < -0.3 is 10.2 Å². The zero-order chi connectivity index (χ0) is 14.8. The highest BCUT2D eigenvalue weighted by Crippen LogP contribution is 2.30. The Morgan fingerprint density at radius 2 is 2.05 bits per heavy atom. The molecule has 4 heteroatoms. The normalized spacial score (nSPS) is 27.6. The monoisotopic (exact) mass is 290 g/mol. The molecule has 0 aliphatic carbocycles. The number of nitrogens with one attached hydrogen (secondary N) is 1. The van der Waals surface area contributed by atoms with Crippen LogP contribution in [0, 0.1) is 5.82 Å². The lowest BCUT2D eigenvalue weighted by atomic mass is 9.97. The Morgan fingerprint density at radius 3 is 2.67 bits per heavy atom. The first-order valence-electron chi connectivity index (χ1n) is 8.00. The molecule has 1 N–H and O–H groups in total. The molecular weight excluding hydrogens is 267 g/mol. The zero-order valence-corrected chi connectivity index (χ0v) is 12.5. The molecule has 2 fully saturated rings. The Morgan fingerprint density at radius 1 is 1.33 bits per heavy atom. The molecule has 2 aliphatic rings. The van der Waals surface area contributed by atoms with Gasteiger partial charge in [-0.05, 0) is 50.3 Å². The maximum Gasteiger partial charge on any atom is 0.254 e. The SMILES string of the molecule is CCCN(C(=O)c1cccc(F)c1)C1CC2CCC(C1)N2. The van der Waals surface area contributed by atoms with Crippen molar-refractivity contribution in [3.63, 3.8) is 0 Å². The van der Waals surface area contributed by atoms with Crippen LogP contribution in [0.5, 0.6) is 0 Å². The summed E-state index contributed by atoms with van der Waals surface area (Å²) in [6, 6.07) is 7.44. The molecule has 2 bridgehead atoms. The van der Waals surface area contributed by atoms with Crippen LogP contribution in [0.4, 0.5) is 4.39 Å². The minimum Gasteiger partial charge on any atom is -0.336 e. The number of benzene rings is 1. The van der Waals surface area contributed by atoms with Crippen LogP contribution in [0.1, 0.15) is 49.4 Å². The Labute approximate surface area is 125 Å². The van der Waals surface area contributed by atoms with Gasteiger partial charge in [-0.3, -0.25) is 4.79 Å². The van der Waals surface area contributed by atoms with Crippen LogP contribution in [0.25, 0.3) is 0 Å². The van der Waals surface area contributed by atoms with Gasteiger partial charge in [0.15, 0.2) is 0 Å². The van der Waals surface area contributed by atoms with Crippen molar-refractivity contribution in [1.29, 1.82) is 0 Å². The van der Waals surface area contributed by atoms with Crippen LogP contribution in [-0.2, 0) is 0 Å². The Hall–Kier alpha value is -1.42. The summed E-state index contributed by atoms with van der Waals surface area (Å²) in [5, 5.41) is 3.61. The molecular formula is C17H23FN2O. The first kappa shape index (κ1) is 14.5. The largest absolute Gasteiger partial charge is 0.336 e. The lowest BCUT2D eigenvalue weighted by Crippen LogP contribution is -2.50. The minimum absolute atomic E-state index is 0.0253. The van der Waals surface area contributed by atoms with Crippen molar-refractivity contribution < 1.29 is 9.18 Å². The van der Waals surface area contributed by atoms with Crippen LogP contribution in [-0.4, -0.2) is 35.5 Å². The molecule has 2 heterocycles. The topological polar surface area (TPSA) is 32.3 Å². The maximum absolute atomic E-state index is 13.4. The average molecular weight is 290 g/mol. The predicted molar refractivity (Wildman–Crippen MR) is 80.7 cm³/mol. The number of carbonyl (C=O) groups is 1. The fraction of sp³-hybridized carbons (Fsp3) is 0.588. The van der Waals surface area contributed by atoms with Gasteiger partial charge in [-0.1, -0.05) is 13.0 Å². The molecule has 2 aliphatic heterocycles. The molecule has 0 aromatic heterocycles. The summed E-state index contributed by atoms with van der Waals surface area (Å²) in [6.45, 7) is 2.83. The van der Waals surface area contributed by atoms with Crippen molar-refractivity contribution in [3.05, 3.63) is 35.6 Å². The summed E-state index contributed by atoms with van der Waals surface area (Å²) in [7, 11) is 0. The molecule has 2 saturated heterocycles. The molecule has 1 aromatic rings. The van der Waals surface area contributed by atoms with E-state index in [1.807, 2.05) is 4.90 Å². The second-order valence-corrected chi connectivity index (χ2v) is 6.27. The molecule has 3 rings (SSSR count). The number of fused-ring (bicyclic) bond motifs is 2. The number of rotatable bonds is 4. The third-order valence-corrected chi connectivity index (χ3v) is 4.69. The van der Waals surface area contributed by atoms with Gasteiger partial charge in [0.05, 0.1) is 0 Å². The Kier molecular flexibility index (Phi) is 4.24. The van der Waals surface area contributed by atoms with Gasteiger partial charge in [0.2, 0.25) is 0 Å². The van der Waals surface area contributed by atoms with Gasteiger partial charge in [0.25, 0.3) is 5.91 Å². The van der Waals surface area contributed by atoms with E-state index in [9.17, 15) is 9.18 Å². The van der Waals surface area contributed by atoms with Crippen molar-refractivity contribution in [2.24, 2.45) is 0 Å². The molecule has 21 heavy (non-hydrogen) atoms. The van der Waals surface area contributed by atoms with Crippen LogP contribution in [0.3, 0.4) is 0 Å². The van der Waals surface area contributed by atoms with Gasteiger partial charge in [-0.25, -0.2) is 4.39 Å². The molecule has 114 valence electrons. The summed E-state index contributed by atoms with van der Waals surface area (Å²) < 4.78 is 13.4. The first-order chi connectivity index (χ1) is 10.2. The van der Waals surface area contributed by atoms with Crippen molar-refractivity contribution in [2.75, 3.05) is 6.54 Å². The molecule has 1 amide bonds. The van der Waals surface area contributed by atoms with Gasteiger partial charge in [-0.2, -0.15) is 0 Å². The minimum atomic E-state index is -0.345. The second kappa shape index (κ2) is 6.14. The van der Waals surface area contributed by atoms with E-state index in [0.29, 0.717) is 23.7 Å². The highest BCUT2D eigenvalue weighted by atomic mass is 19.1. The summed E-state index contributed by atoms with van der Waals surface area (Å²) in [5.41, 5.74) is 0.467. The Bertz CT molecular complexity index is 507. The molecule has 0 spiro atoms. The predicted octanol–water partition coefficient (Wildman–Crippen LogP) is 2.96. The van der Waals surface area contributed by atoms with Crippen molar-refractivity contribution >= 4 is 5.91 Å². The van der Waals surface area contributed by atoms with E-state index in [1.54, 1.807) is 12.1 Å². The van der Waals surface area contributed by atoms with E-state index in [0.717, 1.165) is 25.8 Å². The smallest absolute Gasteiger partial charge is 0.254 e. The van der Waals surface area contributed by atoms with Crippen LogP contribution < -0.4 is 5.32 Å². The molecule has 3 nitrogen and oxygen atoms in total.